The number of fused-ring (bicyclic) bond motifs is 1. The number of amides is 1. The SMILES string of the molecule is CC1Cc2cc(C(=O)Nc3cc(Cl)ccc3N3CCN(C)CC3)ccc2N1S(C)(=O)=O. The molecule has 1 amide bonds. The van der Waals surface area contributed by atoms with Gasteiger partial charge in [0, 0.05) is 42.8 Å². The topological polar surface area (TPSA) is 73.0 Å². The third-order valence-electron chi connectivity index (χ3n) is 5.90. The monoisotopic (exact) mass is 462 g/mol. The highest BCUT2D eigenvalue weighted by Crippen LogP contribution is 2.35. The molecule has 2 aliphatic rings. The van der Waals surface area contributed by atoms with E-state index in [-0.39, 0.29) is 11.9 Å². The van der Waals surface area contributed by atoms with Gasteiger partial charge in [0.05, 0.1) is 23.3 Å². The van der Waals surface area contributed by atoms with Gasteiger partial charge in [0.25, 0.3) is 5.91 Å². The summed E-state index contributed by atoms with van der Waals surface area (Å²) in [4.78, 5) is 17.6. The quantitative estimate of drug-likeness (QED) is 0.756. The number of halogens is 1. The first-order valence-corrected chi connectivity index (χ1v) is 12.5. The summed E-state index contributed by atoms with van der Waals surface area (Å²) >= 11 is 6.22. The number of nitrogens with zero attached hydrogens (tertiary/aromatic N) is 3. The zero-order valence-corrected chi connectivity index (χ0v) is 19.5. The molecule has 1 N–H and O–H groups in total. The van der Waals surface area contributed by atoms with Crippen LogP contribution in [0.5, 0.6) is 0 Å². The minimum absolute atomic E-state index is 0.167. The summed E-state index contributed by atoms with van der Waals surface area (Å²) in [5.74, 6) is -0.245. The lowest BCUT2D eigenvalue weighted by Gasteiger charge is -2.35. The van der Waals surface area contributed by atoms with Crippen molar-refractivity contribution in [3.8, 4) is 0 Å². The standard InChI is InChI=1S/C22H27ClN4O3S/c1-15-12-17-13-16(4-6-20(17)27(15)31(3,29)30)22(28)24-19-14-18(23)5-7-21(19)26-10-8-25(2)9-11-26/h4-7,13-15H,8-12H2,1-3H3,(H,24,28). The van der Waals surface area contributed by atoms with Gasteiger partial charge >= 0.3 is 0 Å². The molecule has 0 aliphatic carbocycles. The van der Waals surface area contributed by atoms with Crippen molar-refractivity contribution in [3.63, 3.8) is 0 Å². The molecule has 2 aromatic rings. The average molecular weight is 463 g/mol. The second-order valence-electron chi connectivity index (χ2n) is 8.36. The largest absolute Gasteiger partial charge is 0.367 e. The fraction of sp³-hybridized carbons (Fsp3) is 0.409. The lowest BCUT2D eigenvalue weighted by atomic mass is 10.1. The number of hydrogen-bond donors (Lipinski definition) is 1. The minimum atomic E-state index is -3.36. The molecule has 2 aromatic carbocycles. The first-order chi connectivity index (χ1) is 14.6. The summed E-state index contributed by atoms with van der Waals surface area (Å²) in [6, 6.07) is 10.6. The number of sulfonamides is 1. The first-order valence-electron chi connectivity index (χ1n) is 10.3. The van der Waals surface area contributed by atoms with E-state index < -0.39 is 10.0 Å². The zero-order valence-electron chi connectivity index (χ0n) is 17.9. The van der Waals surface area contributed by atoms with Crippen molar-refractivity contribution in [2.45, 2.75) is 19.4 Å². The summed E-state index contributed by atoms with van der Waals surface area (Å²) in [6.45, 7) is 5.53. The molecule has 1 unspecified atom stereocenters. The Morgan fingerprint density at radius 2 is 1.74 bits per heavy atom. The maximum Gasteiger partial charge on any atom is 0.255 e. The summed E-state index contributed by atoms with van der Waals surface area (Å²) < 4.78 is 25.7. The second-order valence-corrected chi connectivity index (χ2v) is 10.7. The molecule has 166 valence electrons. The Bertz CT molecular complexity index is 1110. The lowest BCUT2D eigenvalue weighted by molar-refractivity contribution is 0.102. The minimum Gasteiger partial charge on any atom is -0.367 e. The Kier molecular flexibility index (Phi) is 5.89. The number of rotatable bonds is 4. The van der Waals surface area contributed by atoms with E-state index in [1.54, 1.807) is 24.3 Å². The average Bonchev–Trinajstić information content (AvgIpc) is 3.04. The highest BCUT2D eigenvalue weighted by Gasteiger charge is 2.33. The number of carbonyl (C=O) groups is 1. The lowest BCUT2D eigenvalue weighted by Crippen LogP contribution is -2.44. The van der Waals surface area contributed by atoms with Gasteiger partial charge in [0.1, 0.15) is 0 Å². The molecule has 0 saturated carbocycles. The Balaban J connectivity index is 1.59. The molecule has 4 rings (SSSR count). The van der Waals surface area contributed by atoms with E-state index >= 15 is 0 Å². The normalized spacial score (nSPS) is 19.4. The van der Waals surface area contributed by atoms with Crippen LogP contribution in [0.2, 0.25) is 5.02 Å². The third-order valence-corrected chi connectivity index (χ3v) is 7.41. The van der Waals surface area contributed by atoms with Crippen molar-refractivity contribution in [1.29, 1.82) is 0 Å². The molecule has 0 bridgehead atoms. The van der Waals surface area contributed by atoms with E-state index in [2.05, 4.69) is 22.2 Å². The molecule has 9 heteroatoms. The first kappa shape index (κ1) is 21.9. The van der Waals surface area contributed by atoms with Crippen LogP contribution in [0.15, 0.2) is 36.4 Å². The number of benzene rings is 2. The maximum atomic E-state index is 13.1. The van der Waals surface area contributed by atoms with E-state index in [4.69, 9.17) is 11.6 Å². The molecule has 2 aliphatic heterocycles. The molecular formula is C22H27ClN4O3S. The molecule has 1 saturated heterocycles. The predicted molar refractivity (Wildman–Crippen MR) is 126 cm³/mol. The molecule has 1 atom stereocenters. The highest BCUT2D eigenvalue weighted by atomic mass is 35.5. The van der Waals surface area contributed by atoms with Crippen LogP contribution in [-0.4, -0.2) is 64.7 Å². The smallest absolute Gasteiger partial charge is 0.255 e. The summed E-state index contributed by atoms with van der Waals surface area (Å²) in [5.41, 5.74) is 3.62. The number of carbonyl (C=O) groups excluding carboxylic acids is 1. The van der Waals surface area contributed by atoms with Crippen molar-refractivity contribution in [3.05, 3.63) is 52.5 Å². The van der Waals surface area contributed by atoms with Gasteiger partial charge in [-0.3, -0.25) is 9.10 Å². The van der Waals surface area contributed by atoms with Crippen molar-refractivity contribution in [2.75, 3.05) is 54.0 Å². The van der Waals surface area contributed by atoms with Crippen molar-refractivity contribution < 1.29 is 13.2 Å². The molecule has 2 heterocycles. The van der Waals surface area contributed by atoms with Crippen molar-refractivity contribution >= 4 is 44.6 Å². The van der Waals surface area contributed by atoms with Crippen LogP contribution < -0.4 is 14.5 Å². The zero-order chi connectivity index (χ0) is 22.3. The molecule has 0 aromatic heterocycles. The third kappa shape index (κ3) is 4.51. The molecule has 7 nitrogen and oxygen atoms in total. The van der Waals surface area contributed by atoms with Crippen molar-refractivity contribution in [1.82, 2.24) is 4.90 Å². The van der Waals surface area contributed by atoms with Gasteiger partial charge in [-0.15, -0.1) is 0 Å². The van der Waals surface area contributed by atoms with Gasteiger partial charge in [-0.2, -0.15) is 0 Å². The molecule has 31 heavy (non-hydrogen) atoms. The second kappa shape index (κ2) is 8.33. The Morgan fingerprint density at radius 1 is 1.06 bits per heavy atom. The van der Waals surface area contributed by atoms with Gasteiger partial charge < -0.3 is 15.1 Å². The van der Waals surface area contributed by atoms with E-state index in [1.807, 2.05) is 19.1 Å². The van der Waals surface area contributed by atoms with Crippen LogP contribution in [0.25, 0.3) is 0 Å². The van der Waals surface area contributed by atoms with Crippen LogP contribution in [-0.2, 0) is 16.4 Å². The van der Waals surface area contributed by atoms with Crippen LogP contribution in [0, 0.1) is 0 Å². The number of piperazine rings is 1. The summed E-state index contributed by atoms with van der Waals surface area (Å²) in [7, 11) is -1.27. The van der Waals surface area contributed by atoms with Crippen LogP contribution in [0.1, 0.15) is 22.8 Å². The van der Waals surface area contributed by atoms with Gasteiger partial charge in [-0.05, 0) is 62.4 Å². The van der Waals surface area contributed by atoms with E-state index in [0.29, 0.717) is 28.4 Å². The van der Waals surface area contributed by atoms with Crippen LogP contribution in [0.3, 0.4) is 0 Å². The van der Waals surface area contributed by atoms with Gasteiger partial charge in [-0.1, -0.05) is 11.6 Å². The molecule has 1 fully saturated rings. The fourth-order valence-electron chi connectivity index (χ4n) is 4.38. The number of anilines is 3. The van der Waals surface area contributed by atoms with E-state index in [0.717, 1.165) is 37.4 Å². The maximum absolute atomic E-state index is 13.1. The van der Waals surface area contributed by atoms with Gasteiger partial charge in [0.2, 0.25) is 10.0 Å². The Labute approximate surface area is 188 Å². The summed E-state index contributed by atoms with van der Waals surface area (Å²) in [5, 5.41) is 3.56. The summed E-state index contributed by atoms with van der Waals surface area (Å²) in [6.07, 6.45) is 1.78. The number of likely N-dealkylation sites (N-methyl/N-ethyl adjacent to an activating group) is 1. The van der Waals surface area contributed by atoms with Crippen molar-refractivity contribution in [2.24, 2.45) is 0 Å². The van der Waals surface area contributed by atoms with E-state index in [1.165, 1.54) is 10.6 Å². The fourth-order valence-corrected chi connectivity index (χ4v) is 5.81. The Hall–Kier alpha value is -2.29. The van der Waals surface area contributed by atoms with Crippen LogP contribution >= 0.6 is 11.6 Å². The highest BCUT2D eigenvalue weighted by molar-refractivity contribution is 7.92. The number of nitrogens with one attached hydrogen (secondary N) is 1. The Morgan fingerprint density at radius 3 is 2.42 bits per heavy atom. The number of hydrogen-bond acceptors (Lipinski definition) is 5. The molecular weight excluding hydrogens is 436 g/mol. The van der Waals surface area contributed by atoms with Crippen LogP contribution in [0.4, 0.5) is 17.1 Å². The predicted octanol–water partition coefficient (Wildman–Crippen LogP) is 3.05. The van der Waals surface area contributed by atoms with Gasteiger partial charge in [0.15, 0.2) is 0 Å². The molecule has 0 radical (unpaired) electrons. The molecule has 0 spiro atoms. The van der Waals surface area contributed by atoms with Gasteiger partial charge in [-0.25, -0.2) is 8.42 Å². The van der Waals surface area contributed by atoms with E-state index in [9.17, 15) is 13.2 Å².